The van der Waals surface area contributed by atoms with Gasteiger partial charge in [0, 0.05) is 6.04 Å². The highest BCUT2D eigenvalue weighted by Gasteiger charge is 2.21. The second-order valence-corrected chi connectivity index (χ2v) is 5.12. The van der Waals surface area contributed by atoms with Gasteiger partial charge < -0.3 is 10.1 Å². The van der Waals surface area contributed by atoms with E-state index in [0.717, 1.165) is 18.9 Å². The molecule has 0 aliphatic carbocycles. The van der Waals surface area contributed by atoms with Gasteiger partial charge in [0.2, 0.25) is 0 Å². The molecule has 0 bridgehead atoms. The fourth-order valence-electron chi connectivity index (χ4n) is 2.47. The third kappa shape index (κ3) is 4.02. The maximum atomic E-state index is 5.48. The summed E-state index contributed by atoms with van der Waals surface area (Å²) in [5, 5.41) is 3.59. The molecular weight excluding hydrogens is 222 g/mol. The topological polar surface area (TPSA) is 21.3 Å². The highest BCUT2D eigenvalue weighted by molar-refractivity contribution is 5.30. The van der Waals surface area contributed by atoms with Crippen LogP contribution in [0, 0.1) is 5.92 Å². The van der Waals surface area contributed by atoms with Crippen molar-refractivity contribution in [3.63, 3.8) is 0 Å². The van der Waals surface area contributed by atoms with E-state index in [0.29, 0.717) is 17.9 Å². The molecule has 102 valence electrons. The van der Waals surface area contributed by atoms with E-state index < -0.39 is 0 Å². The molecule has 1 rings (SSSR count). The zero-order valence-corrected chi connectivity index (χ0v) is 12.4. The molecule has 0 aliphatic heterocycles. The van der Waals surface area contributed by atoms with Gasteiger partial charge in [-0.05, 0) is 43.0 Å². The third-order valence-electron chi connectivity index (χ3n) is 3.41. The summed E-state index contributed by atoms with van der Waals surface area (Å²) in [7, 11) is 0. The van der Waals surface area contributed by atoms with E-state index in [4.69, 9.17) is 4.74 Å². The van der Waals surface area contributed by atoms with Gasteiger partial charge in [-0.25, -0.2) is 0 Å². The summed E-state index contributed by atoms with van der Waals surface area (Å²) in [4.78, 5) is 0. The van der Waals surface area contributed by atoms with Crippen LogP contribution in [-0.2, 0) is 0 Å². The summed E-state index contributed by atoms with van der Waals surface area (Å²) in [6, 6.07) is 9.02. The van der Waals surface area contributed by atoms with Crippen LogP contribution in [0.15, 0.2) is 24.3 Å². The van der Waals surface area contributed by atoms with Crippen LogP contribution in [0.3, 0.4) is 0 Å². The lowest BCUT2D eigenvalue weighted by atomic mass is 9.86. The standard InChI is InChI=1S/C16H27NO/c1-6-17-16(12(3)4)13(5)14-8-10-15(11-9-14)18-7-2/h8-13,16-17H,6-7H2,1-5H3. The minimum atomic E-state index is 0.514. The number of ether oxygens (including phenoxy) is 1. The Morgan fingerprint density at radius 2 is 1.67 bits per heavy atom. The Hall–Kier alpha value is -1.02. The molecule has 2 nitrogen and oxygen atoms in total. The highest BCUT2D eigenvalue weighted by atomic mass is 16.5. The Morgan fingerprint density at radius 3 is 2.11 bits per heavy atom. The minimum absolute atomic E-state index is 0.514. The summed E-state index contributed by atoms with van der Waals surface area (Å²) >= 11 is 0. The van der Waals surface area contributed by atoms with Gasteiger partial charge in [-0.1, -0.05) is 39.8 Å². The molecule has 18 heavy (non-hydrogen) atoms. The van der Waals surface area contributed by atoms with E-state index in [1.165, 1.54) is 5.56 Å². The van der Waals surface area contributed by atoms with Crippen LogP contribution in [0.25, 0.3) is 0 Å². The van der Waals surface area contributed by atoms with Gasteiger partial charge in [0.15, 0.2) is 0 Å². The van der Waals surface area contributed by atoms with E-state index in [1.807, 2.05) is 6.92 Å². The molecule has 1 aromatic rings. The van der Waals surface area contributed by atoms with Gasteiger partial charge in [-0.2, -0.15) is 0 Å². The molecule has 0 radical (unpaired) electrons. The molecule has 0 aliphatic rings. The van der Waals surface area contributed by atoms with Crippen molar-refractivity contribution in [3.05, 3.63) is 29.8 Å². The van der Waals surface area contributed by atoms with Gasteiger partial charge in [0.25, 0.3) is 0 Å². The van der Waals surface area contributed by atoms with Crippen LogP contribution in [-0.4, -0.2) is 19.2 Å². The van der Waals surface area contributed by atoms with E-state index in [1.54, 1.807) is 0 Å². The van der Waals surface area contributed by atoms with Crippen molar-refractivity contribution in [2.24, 2.45) is 5.92 Å². The van der Waals surface area contributed by atoms with E-state index in [-0.39, 0.29) is 0 Å². The van der Waals surface area contributed by atoms with Crippen molar-refractivity contribution in [2.45, 2.75) is 46.6 Å². The Bertz CT molecular complexity index is 331. The third-order valence-corrected chi connectivity index (χ3v) is 3.41. The predicted octanol–water partition coefficient (Wildman–Crippen LogP) is 3.82. The second kappa shape index (κ2) is 7.42. The summed E-state index contributed by atoms with van der Waals surface area (Å²) in [5.41, 5.74) is 1.37. The van der Waals surface area contributed by atoms with E-state index in [9.17, 15) is 0 Å². The molecule has 0 saturated heterocycles. The van der Waals surface area contributed by atoms with Crippen molar-refractivity contribution < 1.29 is 4.74 Å². The van der Waals surface area contributed by atoms with Crippen molar-refractivity contribution in [1.82, 2.24) is 5.32 Å². The van der Waals surface area contributed by atoms with Crippen molar-refractivity contribution >= 4 is 0 Å². The number of hydrogen-bond acceptors (Lipinski definition) is 2. The zero-order valence-electron chi connectivity index (χ0n) is 12.4. The lowest BCUT2D eigenvalue weighted by molar-refractivity contribution is 0.339. The van der Waals surface area contributed by atoms with Crippen LogP contribution in [0.2, 0.25) is 0 Å². The molecular formula is C16H27NO. The first-order valence-electron chi connectivity index (χ1n) is 7.06. The van der Waals surface area contributed by atoms with Gasteiger partial charge in [-0.15, -0.1) is 0 Å². The van der Waals surface area contributed by atoms with Crippen molar-refractivity contribution in [2.75, 3.05) is 13.2 Å². The Kier molecular flexibility index (Phi) is 6.20. The highest BCUT2D eigenvalue weighted by Crippen LogP contribution is 2.25. The molecule has 0 aromatic heterocycles. The van der Waals surface area contributed by atoms with E-state index >= 15 is 0 Å². The molecule has 2 atom stereocenters. The number of likely N-dealkylation sites (N-methyl/N-ethyl adjacent to an activating group) is 1. The van der Waals surface area contributed by atoms with Crippen molar-refractivity contribution in [3.8, 4) is 5.75 Å². The Morgan fingerprint density at radius 1 is 1.06 bits per heavy atom. The Labute approximate surface area is 112 Å². The lowest BCUT2D eigenvalue weighted by Crippen LogP contribution is -2.38. The first-order chi connectivity index (χ1) is 8.60. The SMILES string of the molecule is CCNC(C(C)C)C(C)c1ccc(OCC)cc1. The largest absolute Gasteiger partial charge is 0.494 e. The molecule has 0 spiro atoms. The molecule has 1 aromatic carbocycles. The number of nitrogens with one attached hydrogen (secondary N) is 1. The smallest absolute Gasteiger partial charge is 0.119 e. The lowest BCUT2D eigenvalue weighted by Gasteiger charge is -2.28. The number of benzene rings is 1. The van der Waals surface area contributed by atoms with Crippen molar-refractivity contribution in [1.29, 1.82) is 0 Å². The quantitative estimate of drug-likeness (QED) is 0.793. The number of rotatable bonds is 7. The molecule has 0 heterocycles. The fraction of sp³-hybridized carbons (Fsp3) is 0.625. The summed E-state index contributed by atoms with van der Waals surface area (Å²) in [5.74, 6) is 2.10. The number of hydrogen-bond donors (Lipinski definition) is 1. The van der Waals surface area contributed by atoms with Crippen LogP contribution >= 0.6 is 0 Å². The summed E-state index contributed by atoms with van der Waals surface area (Å²) in [6.07, 6.45) is 0. The molecule has 0 amide bonds. The molecule has 2 unspecified atom stereocenters. The van der Waals surface area contributed by atoms with Crippen LogP contribution in [0.4, 0.5) is 0 Å². The molecule has 0 saturated carbocycles. The average molecular weight is 249 g/mol. The van der Waals surface area contributed by atoms with E-state index in [2.05, 4.69) is 57.3 Å². The van der Waals surface area contributed by atoms with Gasteiger partial charge in [0.1, 0.15) is 5.75 Å². The molecule has 0 fully saturated rings. The summed E-state index contributed by atoms with van der Waals surface area (Å²) < 4.78 is 5.48. The first kappa shape index (κ1) is 15.0. The Balaban J connectivity index is 2.77. The maximum Gasteiger partial charge on any atom is 0.119 e. The normalized spacial score (nSPS) is 14.6. The minimum Gasteiger partial charge on any atom is -0.494 e. The molecule has 1 N–H and O–H groups in total. The average Bonchev–Trinajstić information content (AvgIpc) is 2.36. The van der Waals surface area contributed by atoms with Crippen LogP contribution < -0.4 is 10.1 Å². The van der Waals surface area contributed by atoms with Crippen LogP contribution in [0.1, 0.15) is 46.1 Å². The van der Waals surface area contributed by atoms with Gasteiger partial charge in [0.05, 0.1) is 6.61 Å². The van der Waals surface area contributed by atoms with Crippen LogP contribution in [0.5, 0.6) is 5.75 Å². The second-order valence-electron chi connectivity index (χ2n) is 5.12. The van der Waals surface area contributed by atoms with Gasteiger partial charge in [-0.3, -0.25) is 0 Å². The first-order valence-corrected chi connectivity index (χ1v) is 7.06. The zero-order chi connectivity index (χ0) is 13.5. The van der Waals surface area contributed by atoms with Gasteiger partial charge >= 0.3 is 0 Å². The fourth-order valence-corrected chi connectivity index (χ4v) is 2.47. The molecule has 2 heteroatoms. The maximum absolute atomic E-state index is 5.48. The summed E-state index contributed by atoms with van der Waals surface area (Å²) in [6.45, 7) is 12.8. The predicted molar refractivity (Wildman–Crippen MR) is 78.3 cm³/mol. The monoisotopic (exact) mass is 249 g/mol.